The average Bonchev–Trinajstić information content (AvgIpc) is 2.79. The molecule has 0 aliphatic carbocycles. The molecular formula is C13H13N3O3S. The van der Waals surface area contributed by atoms with Gasteiger partial charge in [0.15, 0.2) is 10.8 Å². The van der Waals surface area contributed by atoms with Crippen molar-refractivity contribution in [2.75, 3.05) is 12.4 Å². The second kappa shape index (κ2) is 5.70. The van der Waals surface area contributed by atoms with E-state index in [-0.39, 0.29) is 0 Å². The molecule has 2 aromatic rings. The summed E-state index contributed by atoms with van der Waals surface area (Å²) in [5.41, 5.74) is 6.65. The zero-order chi connectivity index (χ0) is 14.7. The highest BCUT2D eigenvalue weighted by molar-refractivity contribution is 7.15. The zero-order valence-electron chi connectivity index (χ0n) is 11.0. The number of nitrogens with zero attached hydrogens (tertiary/aromatic N) is 1. The number of primary amides is 1. The van der Waals surface area contributed by atoms with Crippen molar-refractivity contribution in [1.29, 1.82) is 0 Å². The molecule has 0 spiro atoms. The molecule has 1 amide bonds. The van der Waals surface area contributed by atoms with Gasteiger partial charge < -0.3 is 15.8 Å². The summed E-state index contributed by atoms with van der Waals surface area (Å²) in [7, 11) is 1.32. The van der Waals surface area contributed by atoms with E-state index in [1.807, 2.05) is 0 Å². The standard InChI is InChI=1S/C13H13N3O3S/c1-7-10(12(18)19-2)16-13(20-7)15-9-5-3-8(4-6-9)11(14)17/h3-6H,1-2H3,(H2,14,17)(H,15,16). The van der Waals surface area contributed by atoms with Gasteiger partial charge in [0.05, 0.1) is 7.11 Å². The molecule has 0 saturated heterocycles. The quantitative estimate of drug-likeness (QED) is 0.841. The van der Waals surface area contributed by atoms with Crippen LogP contribution in [-0.2, 0) is 4.74 Å². The van der Waals surface area contributed by atoms with Crippen LogP contribution in [0.3, 0.4) is 0 Å². The van der Waals surface area contributed by atoms with E-state index in [4.69, 9.17) is 5.73 Å². The van der Waals surface area contributed by atoms with Gasteiger partial charge in [0.2, 0.25) is 5.91 Å². The number of carbonyl (C=O) groups excluding carboxylic acids is 2. The molecule has 20 heavy (non-hydrogen) atoms. The highest BCUT2D eigenvalue weighted by Gasteiger charge is 2.15. The number of nitrogens with one attached hydrogen (secondary N) is 1. The summed E-state index contributed by atoms with van der Waals surface area (Å²) in [4.78, 5) is 27.4. The lowest BCUT2D eigenvalue weighted by atomic mass is 10.2. The fraction of sp³-hybridized carbons (Fsp3) is 0.154. The van der Waals surface area contributed by atoms with Crippen LogP contribution in [0.5, 0.6) is 0 Å². The van der Waals surface area contributed by atoms with Crippen LogP contribution in [0.25, 0.3) is 0 Å². The van der Waals surface area contributed by atoms with E-state index in [0.717, 1.165) is 10.6 Å². The average molecular weight is 291 g/mol. The van der Waals surface area contributed by atoms with Crippen LogP contribution in [0, 0.1) is 6.92 Å². The number of carbonyl (C=O) groups is 2. The maximum Gasteiger partial charge on any atom is 0.357 e. The summed E-state index contributed by atoms with van der Waals surface area (Å²) in [6.07, 6.45) is 0. The molecule has 0 aliphatic rings. The van der Waals surface area contributed by atoms with Gasteiger partial charge in [-0.1, -0.05) is 0 Å². The Morgan fingerprint density at radius 2 is 1.95 bits per heavy atom. The zero-order valence-corrected chi connectivity index (χ0v) is 11.8. The van der Waals surface area contributed by atoms with E-state index in [2.05, 4.69) is 15.0 Å². The first-order valence-electron chi connectivity index (χ1n) is 5.74. The van der Waals surface area contributed by atoms with Gasteiger partial charge >= 0.3 is 5.97 Å². The van der Waals surface area contributed by atoms with E-state index < -0.39 is 11.9 Å². The molecule has 0 unspecified atom stereocenters. The lowest BCUT2D eigenvalue weighted by molar-refractivity contribution is 0.0594. The number of nitrogens with two attached hydrogens (primary N) is 1. The van der Waals surface area contributed by atoms with Gasteiger partial charge in [0, 0.05) is 16.1 Å². The summed E-state index contributed by atoms with van der Waals surface area (Å²) in [5.74, 6) is -0.939. The highest BCUT2D eigenvalue weighted by atomic mass is 32.1. The second-order valence-electron chi connectivity index (χ2n) is 3.98. The second-order valence-corrected chi connectivity index (χ2v) is 5.19. The first kappa shape index (κ1) is 14.0. The minimum atomic E-state index is -0.477. The van der Waals surface area contributed by atoms with Crippen LogP contribution in [-0.4, -0.2) is 24.0 Å². The molecule has 0 bridgehead atoms. The van der Waals surface area contributed by atoms with Crippen LogP contribution in [0.4, 0.5) is 10.8 Å². The molecule has 104 valence electrons. The maximum atomic E-state index is 11.5. The fourth-order valence-electron chi connectivity index (χ4n) is 1.58. The summed E-state index contributed by atoms with van der Waals surface area (Å²) in [6.45, 7) is 1.80. The van der Waals surface area contributed by atoms with Crippen LogP contribution in [0.15, 0.2) is 24.3 Å². The predicted octanol–water partition coefficient (Wildman–Crippen LogP) is 2.08. The summed E-state index contributed by atoms with van der Waals surface area (Å²) < 4.78 is 4.65. The van der Waals surface area contributed by atoms with Crippen LogP contribution >= 0.6 is 11.3 Å². The maximum absolute atomic E-state index is 11.5. The van der Waals surface area contributed by atoms with E-state index in [1.54, 1.807) is 31.2 Å². The first-order chi connectivity index (χ1) is 9.51. The van der Waals surface area contributed by atoms with Crippen molar-refractivity contribution in [2.24, 2.45) is 5.73 Å². The number of aromatic nitrogens is 1. The van der Waals surface area contributed by atoms with E-state index in [1.165, 1.54) is 18.4 Å². The number of benzene rings is 1. The van der Waals surface area contributed by atoms with E-state index >= 15 is 0 Å². The van der Waals surface area contributed by atoms with Crippen molar-refractivity contribution in [3.05, 3.63) is 40.4 Å². The molecule has 3 N–H and O–H groups in total. The van der Waals surface area contributed by atoms with Gasteiger partial charge in [-0.05, 0) is 31.2 Å². The molecule has 0 radical (unpaired) electrons. The van der Waals surface area contributed by atoms with Crippen LogP contribution in [0.1, 0.15) is 25.7 Å². The largest absolute Gasteiger partial charge is 0.464 e. The fourth-order valence-corrected chi connectivity index (χ4v) is 2.40. The van der Waals surface area contributed by atoms with Crippen molar-refractivity contribution < 1.29 is 14.3 Å². The molecular weight excluding hydrogens is 278 g/mol. The van der Waals surface area contributed by atoms with Crippen LogP contribution in [0.2, 0.25) is 0 Å². The number of hydrogen-bond acceptors (Lipinski definition) is 6. The molecule has 0 atom stereocenters. The number of esters is 1. The monoisotopic (exact) mass is 291 g/mol. The Morgan fingerprint density at radius 3 is 2.50 bits per heavy atom. The highest BCUT2D eigenvalue weighted by Crippen LogP contribution is 2.25. The predicted molar refractivity (Wildman–Crippen MR) is 76.4 cm³/mol. The van der Waals surface area contributed by atoms with Gasteiger partial charge in [-0.15, -0.1) is 11.3 Å². The Morgan fingerprint density at radius 1 is 1.30 bits per heavy atom. The van der Waals surface area contributed by atoms with Crippen molar-refractivity contribution in [1.82, 2.24) is 4.98 Å². The Balaban J connectivity index is 2.18. The third kappa shape index (κ3) is 2.94. The molecule has 0 aliphatic heterocycles. The van der Waals surface area contributed by atoms with E-state index in [9.17, 15) is 9.59 Å². The Bertz CT molecular complexity index is 649. The molecule has 1 heterocycles. The van der Waals surface area contributed by atoms with Crippen molar-refractivity contribution in [3.8, 4) is 0 Å². The Hall–Kier alpha value is -2.41. The first-order valence-corrected chi connectivity index (χ1v) is 6.55. The smallest absolute Gasteiger partial charge is 0.357 e. The Kier molecular flexibility index (Phi) is 3.99. The molecule has 0 saturated carbocycles. The van der Waals surface area contributed by atoms with Crippen molar-refractivity contribution >= 4 is 34.0 Å². The number of anilines is 2. The van der Waals surface area contributed by atoms with E-state index in [0.29, 0.717) is 16.4 Å². The molecule has 2 rings (SSSR count). The summed E-state index contributed by atoms with van der Waals surface area (Å²) >= 11 is 1.35. The minimum Gasteiger partial charge on any atom is -0.464 e. The van der Waals surface area contributed by atoms with Gasteiger partial charge in [-0.2, -0.15) is 0 Å². The van der Waals surface area contributed by atoms with Gasteiger partial charge in [-0.25, -0.2) is 9.78 Å². The van der Waals surface area contributed by atoms with Crippen molar-refractivity contribution in [3.63, 3.8) is 0 Å². The topological polar surface area (TPSA) is 94.3 Å². The Labute approximate surface area is 119 Å². The molecule has 6 nitrogen and oxygen atoms in total. The third-order valence-electron chi connectivity index (χ3n) is 2.60. The molecule has 7 heteroatoms. The van der Waals surface area contributed by atoms with Gasteiger partial charge in [0.25, 0.3) is 0 Å². The van der Waals surface area contributed by atoms with Gasteiger partial charge in [0.1, 0.15) is 0 Å². The lowest BCUT2D eigenvalue weighted by Gasteiger charge is -2.02. The minimum absolute atomic E-state index is 0.300. The number of amides is 1. The lowest BCUT2D eigenvalue weighted by Crippen LogP contribution is -2.10. The van der Waals surface area contributed by atoms with Crippen LogP contribution < -0.4 is 11.1 Å². The molecule has 1 aromatic heterocycles. The summed E-state index contributed by atoms with van der Waals surface area (Å²) in [6, 6.07) is 6.67. The van der Waals surface area contributed by atoms with Crippen molar-refractivity contribution in [2.45, 2.75) is 6.92 Å². The number of aryl methyl sites for hydroxylation is 1. The number of methoxy groups -OCH3 is 1. The third-order valence-corrected chi connectivity index (χ3v) is 3.48. The molecule has 0 fully saturated rings. The molecule has 1 aromatic carbocycles. The summed E-state index contributed by atoms with van der Waals surface area (Å²) in [5, 5.41) is 3.64. The SMILES string of the molecule is COC(=O)c1nc(Nc2ccc(C(N)=O)cc2)sc1C. The number of rotatable bonds is 4. The normalized spacial score (nSPS) is 10.1. The number of ether oxygens (including phenoxy) is 1. The van der Waals surface area contributed by atoms with Gasteiger partial charge in [-0.3, -0.25) is 4.79 Å². The number of hydrogen-bond donors (Lipinski definition) is 2. The number of thiazole rings is 1.